The first-order valence-electron chi connectivity index (χ1n) is 8.48. The van der Waals surface area contributed by atoms with E-state index in [0.29, 0.717) is 18.0 Å². The molecule has 134 valence electrons. The molecule has 1 aliphatic heterocycles. The summed E-state index contributed by atoms with van der Waals surface area (Å²) in [6.45, 7) is 3.50. The van der Waals surface area contributed by atoms with Crippen molar-refractivity contribution < 1.29 is 14.2 Å². The highest BCUT2D eigenvalue weighted by molar-refractivity contribution is 5.61. The number of nitrogens with two attached hydrogens (primary N) is 1. The Morgan fingerprint density at radius 3 is 2.32 bits per heavy atom. The van der Waals surface area contributed by atoms with Crippen molar-refractivity contribution in [2.24, 2.45) is 5.73 Å². The van der Waals surface area contributed by atoms with E-state index < -0.39 is 0 Å². The van der Waals surface area contributed by atoms with Crippen LogP contribution >= 0.6 is 0 Å². The Kier molecular flexibility index (Phi) is 5.16. The van der Waals surface area contributed by atoms with Crippen LogP contribution in [0.4, 0.5) is 0 Å². The van der Waals surface area contributed by atoms with Gasteiger partial charge in [0.25, 0.3) is 0 Å². The highest BCUT2D eigenvalue weighted by atomic mass is 16.5. The molecular weight excluding hydrogens is 316 g/mol. The summed E-state index contributed by atoms with van der Waals surface area (Å²) in [6.07, 6.45) is 0. The lowest BCUT2D eigenvalue weighted by Gasteiger charge is -2.30. The summed E-state index contributed by atoms with van der Waals surface area (Å²) < 4.78 is 16.7. The van der Waals surface area contributed by atoms with Crippen LogP contribution in [0.3, 0.4) is 0 Å². The lowest BCUT2D eigenvalue weighted by atomic mass is 10.0. The third-order valence-corrected chi connectivity index (χ3v) is 5.07. The molecule has 0 aliphatic carbocycles. The smallest absolute Gasteiger partial charge is 0.203 e. The summed E-state index contributed by atoms with van der Waals surface area (Å²) in [7, 11) is 4.94. The molecule has 1 heterocycles. The van der Waals surface area contributed by atoms with Crippen molar-refractivity contribution in [2.75, 3.05) is 27.9 Å². The molecule has 0 fully saturated rings. The fourth-order valence-electron chi connectivity index (χ4n) is 3.76. The monoisotopic (exact) mass is 342 g/mol. The van der Waals surface area contributed by atoms with Gasteiger partial charge >= 0.3 is 0 Å². The summed E-state index contributed by atoms with van der Waals surface area (Å²) in [6, 6.07) is 12.9. The van der Waals surface area contributed by atoms with E-state index in [-0.39, 0.29) is 12.1 Å². The van der Waals surface area contributed by atoms with E-state index >= 15 is 0 Å². The van der Waals surface area contributed by atoms with Gasteiger partial charge in [0.2, 0.25) is 5.75 Å². The Morgan fingerprint density at radius 2 is 1.76 bits per heavy atom. The third kappa shape index (κ3) is 2.94. The van der Waals surface area contributed by atoms with Gasteiger partial charge < -0.3 is 19.9 Å². The quantitative estimate of drug-likeness (QED) is 0.873. The van der Waals surface area contributed by atoms with Crippen molar-refractivity contribution in [3.63, 3.8) is 0 Å². The number of hydrogen-bond donors (Lipinski definition) is 1. The molecule has 3 rings (SSSR count). The van der Waals surface area contributed by atoms with E-state index in [1.807, 2.05) is 12.1 Å². The molecule has 0 aromatic heterocycles. The van der Waals surface area contributed by atoms with E-state index in [1.165, 1.54) is 5.56 Å². The zero-order valence-electron chi connectivity index (χ0n) is 15.3. The molecule has 25 heavy (non-hydrogen) atoms. The number of ether oxygens (including phenoxy) is 3. The second kappa shape index (κ2) is 7.33. The fraction of sp³-hybridized carbons (Fsp3) is 0.400. The molecule has 2 aromatic rings. The minimum atomic E-state index is 0.110. The van der Waals surface area contributed by atoms with Gasteiger partial charge in [-0.15, -0.1) is 0 Å². The first-order valence-corrected chi connectivity index (χ1v) is 8.48. The maximum absolute atomic E-state index is 6.15. The maximum Gasteiger partial charge on any atom is 0.203 e. The predicted molar refractivity (Wildman–Crippen MR) is 98.3 cm³/mol. The van der Waals surface area contributed by atoms with Crippen LogP contribution in [0.25, 0.3) is 0 Å². The van der Waals surface area contributed by atoms with E-state index in [0.717, 1.165) is 23.4 Å². The Labute approximate surface area is 149 Å². The normalized spacial score (nSPS) is 17.9. The zero-order valence-corrected chi connectivity index (χ0v) is 15.3. The van der Waals surface area contributed by atoms with Crippen LogP contribution in [0.5, 0.6) is 17.2 Å². The van der Waals surface area contributed by atoms with Gasteiger partial charge in [-0.25, -0.2) is 0 Å². The van der Waals surface area contributed by atoms with E-state index in [2.05, 4.69) is 36.1 Å². The lowest BCUT2D eigenvalue weighted by Crippen LogP contribution is -2.30. The number of rotatable bonds is 6. The molecule has 0 spiro atoms. The Balaban J connectivity index is 2.06. The first-order chi connectivity index (χ1) is 12.2. The van der Waals surface area contributed by atoms with Gasteiger partial charge in [0.05, 0.1) is 21.3 Å². The average molecular weight is 342 g/mol. The predicted octanol–water partition coefficient (Wildman–Crippen LogP) is 3.29. The number of methoxy groups -OCH3 is 3. The average Bonchev–Trinajstić information content (AvgIpc) is 3.04. The van der Waals surface area contributed by atoms with E-state index in [1.54, 1.807) is 21.3 Å². The molecule has 5 heteroatoms. The summed E-state index contributed by atoms with van der Waals surface area (Å²) in [4.78, 5) is 2.40. The van der Waals surface area contributed by atoms with Crippen LogP contribution in [0.1, 0.15) is 35.7 Å². The summed E-state index contributed by atoms with van der Waals surface area (Å²) in [5.41, 5.74) is 9.70. The number of benzene rings is 2. The molecule has 5 nitrogen and oxygen atoms in total. The molecule has 0 amide bonds. The van der Waals surface area contributed by atoms with Gasteiger partial charge in [-0.3, -0.25) is 4.90 Å². The molecule has 0 bridgehead atoms. The Bertz CT molecular complexity index is 733. The van der Waals surface area contributed by atoms with Crippen LogP contribution in [-0.4, -0.2) is 32.8 Å². The lowest BCUT2D eigenvalue weighted by molar-refractivity contribution is 0.160. The topological polar surface area (TPSA) is 57.0 Å². The molecule has 0 radical (unpaired) electrons. The van der Waals surface area contributed by atoms with Crippen LogP contribution < -0.4 is 19.9 Å². The minimum absolute atomic E-state index is 0.110. The van der Waals surface area contributed by atoms with Crippen molar-refractivity contribution in [3.8, 4) is 17.2 Å². The molecule has 0 saturated carbocycles. The van der Waals surface area contributed by atoms with Gasteiger partial charge in [-0.1, -0.05) is 30.3 Å². The van der Waals surface area contributed by atoms with Gasteiger partial charge in [-0.05, 0) is 24.1 Å². The number of hydrogen-bond acceptors (Lipinski definition) is 5. The molecule has 2 atom stereocenters. The van der Waals surface area contributed by atoms with Crippen molar-refractivity contribution in [3.05, 3.63) is 53.1 Å². The third-order valence-electron chi connectivity index (χ3n) is 5.07. The number of fused-ring (bicyclic) bond motifs is 1. The summed E-state index contributed by atoms with van der Waals surface area (Å²) >= 11 is 0. The van der Waals surface area contributed by atoms with Gasteiger partial charge in [0.1, 0.15) is 0 Å². The van der Waals surface area contributed by atoms with Crippen LogP contribution in [-0.2, 0) is 6.54 Å². The molecule has 2 aromatic carbocycles. The van der Waals surface area contributed by atoms with Crippen molar-refractivity contribution in [1.29, 1.82) is 0 Å². The Hall–Kier alpha value is -2.24. The van der Waals surface area contributed by atoms with E-state index in [4.69, 9.17) is 19.9 Å². The van der Waals surface area contributed by atoms with Gasteiger partial charge in [-0.2, -0.15) is 0 Å². The van der Waals surface area contributed by atoms with Crippen LogP contribution in [0.15, 0.2) is 36.4 Å². The fourth-order valence-corrected chi connectivity index (χ4v) is 3.76. The Morgan fingerprint density at radius 1 is 1.08 bits per heavy atom. The van der Waals surface area contributed by atoms with Crippen LogP contribution in [0.2, 0.25) is 0 Å². The van der Waals surface area contributed by atoms with Crippen molar-refractivity contribution in [2.45, 2.75) is 25.6 Å². The number of nitrogens with zero attached hydrogens (tertiary/aromatic N) is 1. The largest absolute Gasteiger partial charge is 0.493 e. The molecule has 2 N–H and O–H groups in total. The van der Waals surface area contributed by atoms with Crippen molar-refractivity contribution in [1.82, 2.24) is 4.90 Å². The summed E-state index contributed by atoms with van der Waals surface area (Å²) in [5.74, 6) is 2.04. The second-order valence-electron chi connectivity index (χ2n) is 6.22. The van der Waals surface area contributed by atoms with Crippen LogP contribution in [0, 0.1) is 0 Å². The molecule has 2 unspecified atom stereocenters. The highest BCUT2D eigenvalue weighted by Gasteiger charge is 2.37. The van der Waals surface area contributed by atoms with Crippen molar-refractivity contribution >= 4 is 0 Å². The second-order valence-corrected chi connectivity index (χ2v) is 6.22. The molecule has 1 aliphatic rings. The minimum Gasteiger partial charge on any atom is -0.493 e. The van der Waals surface area contributed by atoms with Gasteiger partial charge in [0, 0.05) is 30.7 Å². The maximum atomic E-state index is 6.15. The molecular formula is C20H26N2O3. The van der Waals surface area contributed by atoms with E-state index in [9.17, 15) is 0 Å². The first kappa shape index (κ1) is 17.6. The summed E-state index contributed by atoms with van der Waals surface area (Å²) in [5, 5.41) is 0. The zero-order chi connectivity index (χ0) is 18.0. The van der Waals surface area contributed by atoms with Gasteiger partial charge in [0.15, 0.2) is 11.5 Å². The highest BCUT2D eigenvalue weighted by Crippen LogP contribution is 2.50. The molecule has 0 saturated heterocycles. The SMILES string of the molecule is COc1cc2c(c(OC)c1OC)CN(C(C)c1ccccc1)C2CN. The standard InChI is InChI=1S/C20H26N2O3/c1-13(14-8-6-5-7-9-14)22-12-16-15(17(22)11-21)10-18(23-2)20(25-4)19(16)24-3/h5-10,13,17H,11-12,21H2,1-4H3.